The van der Waals surface area contributed by atoms with Crippen molar-refractivity contribution in [2.45, 2.75) is 71.5 Å². The zero-order valence-electron chi connectivity index (χ0n) is 17.1. The van der Waals surface area contributed by atoms with Crippen LogP contribution in [-0.2, 0) is 6.42 Å². The maximum absolute atomic E-state index is 13.9. The maximum atomic E-state index is 13.9. The van der Waals surface area contributed by atoms with Crippen LogP contribution < -0.4 is 0 Å². The van der Waals surface area contributed by atoms with Crippen LogP contribution >= 0.6 is 15.9 Å². The van der Waals surface area contributed by atoms with E-state index in [0.717, 1.165) is 12.8 Å². The summed E-state index contributed by atoms with van der Waals surface area (Å²) < 4.78 is 27.5. The Morgan fingerprint density at radius 1 is 0.815 bits per heavy atom. The summed E-state index contributed by atoms with van der Waals surface area (Å²) >= 11 is 2.98. The molecule has 150 valence electrons. The van der Waals surface area contributed by atoms with E-state index in [2.05, 4.69) is 43.6 Å². The van der Waals surface area contributed by atoms with Crippen LogP contribution in [0.5, 0.6) is 0 Å². The lowest BCUT2D eigenvalue weighted by molar-refractivity contribution is 0.597. The van der Waals surface area contributed by atoms with Crippen molar-refractivity contribution in [3.05, 3.63) is 58.1 Å². The molecule has 2 aromatic rings. The second kappa shape index (κ2) is 13.2. The van der Waals surface area contributed by atoms with Crippen molar-refractivity contribution in [2.24, 2.45) is 0 Å². The standard InChI is InChI=1S/C17H17BrF2.C6H16Si/c1-2-3-4-5-12-6-8-13(9-7-12)14-10-17(20)15(18)11-16(14)19;1-4-7(5-2)6-3/h6-11H,2-5H2,1H3;7H,4-6H2,1-3H3. The van der Waals surface area contributed by atoms with Crippen molar-refractivity contribution in [1.29, 1.82) is 0 Å². The van der Waals surface area contributed by atoms with Crippen molar-refractivity contribution in [3.8, 4) is 11.1 Å². The molecule has 2 rings (SSSR count). The first-order valence-electron chi connectivity index (χ1n) is 10.2. The molecule has 0 spiro atoms. The highest BCUT2D eigenvalue weighted by Gasteiger charge is 2.10. The van der Waals surface area contributed by atoms with Crippen molar-refractivity contribution in [1.82, 2.24) is 0 Å². The number of rotatable bonds is 8. The molecule has 0 saturated carbocycles. The van der Waals surface area contributed by atoms with Crippen molar-refractivity contribution in [3.63, 3.8) is 0 Å². The Labute approximate surface area is 174 Å². The number of hydrogen-bond acceptors (Lipinski definition) is 0. The van der Waals surface area contributed by atoms with Crippen LogP contribution in [0, 0.1) is 11.6 Å². The minimum atomic E-state index is -0.451. The van der Waals surface area contributed by atoms with Gasteiger partial charge in [0.2, 0.25) is 0 Å². The van der Waals surface area contributed by atoms with E-state index in [1.54, 1.807) is 0 Å². The molecule has 0 atom stereocenters. The monoisotopic (exact) mass is 454 g/mol. The molecule has 4 heteroatoms. The lowest BCUT2D eigenvalue weighted by Crippen LogP contribution is -2.04. The van der Waals surface area contributed by atoms with Gasteiger partial charge in [0.15, 0.2) is 0 Å². The zero-order valence-corrected chi connectivity index (χ0v) is 19.9. The molecule has 0 aliphatic carbocycles. The Hall–Kier alpha value is -1.00. The molecule has 0 heterocycles. The molecule has 0 saturated heterocycles. The van der Waals surface area contributed by atoms with E-state index < -0.39 is 11.6 Å². The van der Waals surface area contributed by atoms with Gasteiger partial charge in [-0.3, -0.25) is 0 Å². The highest BCUT2D eigenvalue weighted by Crippen LogP contribution is 2.28. The van der Waals surface area contributed by atoms with Gasteiger partial charge in [0, 0.05) is 14.4 Å². The summed E-state index contributed by atoms with van der Waals surface area (Å²) in [5.74, 6) is -0.870. The predicted molar refractivity (Wildman–Crippen MR) is 121 cm³/mol. The topological polar surface area (TPSA) is 0 Å². The SMILES string of the molecule is CCCCCc1ccc(-c2cc(F)c(Br)cc2F)cc1.CC[SiH](CC)CC. The van der Waals surface area contributed by atoms with Gasteiger partial charge in [0.05, 0.1) is 4.47 Å². The average Bonchev–Trinajstić information content (AvgIpc) is 2.67. The van der Waals surface area contributed by atoms with Crippen LogP contribution in [0.1, 0.15) is 52.5 Å². The van der Waals surface area contributed by atoms with Crippen molar-refractivity contribution >= 4 is 24.7 Å². The fraction of sp³-hybridized carbons (Fsp3) is 0.478. The fourth-order valence-electron chi connectivity index (χ4n) is 3.04. The molecule has 0 nitrogen and oxygen atoms in total. The van der Waals surface area contributed by atoms with E-state index in [1.807, 2.05) is 24.3 Å². The first-order valence-corrected chi connectivity index (χ1v) is 13.4. The zero-order chi connectivity index (χ0) is 20.2. The van der Waals surface area contributed by atoms with Gasteiger partial charge in [-0.05, 0) is 52.0 Å². The van der Waals surface area contributed by atoms with Crippen molar-refractivity contribution < 1.29 is 8.78 Å². The predicted octanol–water partition coefficient (Wildman–Crippen LogP) is 8.40. The molecule has 0 amide bonds. The quantitative estimate of drug-likeness (QED) is 0.213. The highest BCUT2D eigenvalue weighted by atomic mass is 79.9. The summed E-state index contributed by atoms with van der Waals surface area (Å²) in [5.41, 5.74) is 2.24. The molecule has 0 bridgehead atoms. The van der Waals surface area contributed by atoms with Gasteiger partial charge >= 0.3 is 0 Å². The Bertz CT molecular complexity index is 661. The third-order valence-electron chi connectivity index (χ3n) is 5.08. The van der Waals surface area contributed by atoms with Crippen LogP contribution in [-0.4, -0.2) is 8.80 Å². The summed E-state index contributed by atoms with van der Waals surface area (Å²) in [6.45, 7) is 9.14. The van der Waals surface area contributed by atoms with E-state index in [1.165, 1.54) is 48.7 Å². The average molecular weight is 456 g/mol. The lowest BCUT2D eigenvalue weighted by Gasteiger charge is -2.07. The van der Waals surface area contributed by atoms with Crippen LogP contribution in [0.15, 0.2) is 40.9 Å². The number of aryl methyl sites for hydroxylation is 1. The van der Waals surface area contributed by atoms with Gasteiger partial charge in [-0.2, -0.15) is 0 Å². The Balaban J connectivity index is 0.000000445. The first kappa shape index (κ1) is 24.0. The van der Waals surface area contributed by atoms with Crippen LogP contribution in [0.2, 0.25) is 18.1 Å². The Morgan fingerprint density at radius 3 is 1.89 bits per heavy atom. The van der Waals surface area contributed by atoms with E-state index in [4.69, 9.17) is 0 Å². The largest absolute Gasteiger partial charge is 0.206 e. The van der Waals surface area contributed by atoms with E-state index >= 15 is 0 Å². The Kier molecular flexibility index (Phi) is 11.8. The van der Waals surface area contributed by atoms with Crippen LogP contribution in [0.3, 0.4) is 0 Å². The summed E-state index contributed by atoms with van der Waals surface area (Å²) in [6.07, 6.45) is 4.61. The molecule has 27 heavy (non-hydrogen) atoms. The smallest absolute Gasteiger partial charge is 0.138 e. The third-order valence-corrected chi connectivity index (χ3v) is 9.15. The molecule has 0 N–H and O–H groups in total. The molecule has 0 fully saturated rings. The fourth-order valence-corrected chi connectivity index (χ4v) is 5.09. The van der Waals surface area contributed by atoms with Gasteiger partial charge in [-0.1, -0.05) is 82.9 Å². The number of halogens is 3. The lowest BCUT2D eigenvalue weighted by atomic mass is 10.0. The van der Waals surface area contributed by atoms with Gasteiger partial charge in [0.1, 0.15) is 11.6 Å². The van der Waals surface area contributed by atoms with E-state index in [9.17, 15) is 8.78 Å². The first-order chi connectivity index (χ1) is 13.0. The van der Waals surface area contributed by atoms with E-state index in [-0.39, 0.29) is 13.3 Å². The minimum absolute atomic E-state index is 0.148. The summed E-state index contributed by atoms with van der Waals surface area (Å²) in [5, 5.41) is 0. The maximum Gasteiger partial charge on any atom is 0.138 e. The second-order valence-electron chi connectivity index (χ2n) is 6.99. The summed E-state index contributed by atoms with van der Waals surface area (Å²) in [6, 6.07) is 14.6. The highest BCUT2D eigenvalue weighted by molar-refractivity contribution is 9.10. The number of benzene rings is 2. The minimum Gasteiger partial charge on any atom is -0.206 e. The summed E-state index contributed by atoms with van der Waals surface area (Å²) in [7, 11) is -0.171. The molecule has 0 aromatic heterocycles. The van der Waals surface area contributed by atoms with Crippen LogP contribution in [0.4, 0.5) is 8.78 Å². The molecule has 0 unspecified atom stereocenters. The van der Waals surface area contributed by atoms with Crippen molar-refractivity contribution in [2.75, 3.05) is 0 Å². The van der Waals surface area contributed by atoms with Gasteiger partial charge < -0.3 is 0 Å². The molecule has 0 aliphatic heterocycles. The molecular weight excluding hydrogens is 422 g/mol. The third kappa shape index (κ3) is 8.26. The number of hydrogen-bond donors (Lipinski definition) is 0. The van der Waals surface area contributed by atoms with Gasteiger partial charge in [-0.25, -0.2) is 8.78 Å². The summed E-state index contributed by atoms with van der Waals surface area (Å²) in [4.78, 5) is 0. The number of unbranched alkanes of at least 4 members (excludes halogenated alkanes) is 2. The molecular formula is C23H33BrF2Si. The van der Waals surface area contributed by atoms with Gasteiger partial charge in [-0.15, -0.1) is 0 Å². The van der Waals surface area contributed by atoms with E-state index in [0.29, 0.717) is 11.1 Å². The molecule has 0 radical (unpaired) electrons. The second-order valence-corrected chi connectivity index (χ2v) is 12.0. The normalized spacial score (nSPS) is 10.7. The Morgan fingerprint density at radius 2 is 1.41 bits per heavy atom. The van der Waals surface area contributed by atoms with Gasteiger partial charge in [0.25, 0.3) is 0 Å². The molecule has 0 aliphatic rings. The van der Waals surface area contributed by atoms with Crippen LogP contribution in [0.25, 0.3) is 11.1 Å². The molecule has 2 aromatic carbocycles.